The summed E-state index contributed by atoms with van der Waals surface area (Å²) >= 11 is 0. The number of aliphatic carboxylic acids is 1. The number of carboxylic acids is 1. The number of amides is 1. The van der Waals surface area contributed by atoms with E-state index in [9.17, 15) is 22.4 Å². The van der Waals surface area contributed by atoms with Gasteiger partial charge >= 0.3 is 5.97 Å². The number of carboxylic acid groups (broad SMARTS) is 1. The second-order valence-electron chi connectivity index (χ2n) is 4.09. The first kappa shape index (κ1) is 16.1. The fourth-order valence-electron chi connectivity index (χ4n) is 1.55. The average Bonchev–Trinajstić information content (AvgIpc) is 2.26. The van der Waals surface area contributed by atoms with Gasteiger partial charge in [0.25, 0.3) is 0 Å². The van der Waals surface area contributed by atoms with Crippen molar-refractivity contribution in [2.45, 2.75) is 24.3 Å². The number of nitrogens with one attached hydrogen (secondary N) is 1. The topological polar surface area (TPSA) is 127 Å². The summed E-state index contributed by atoms with van der Waals surface area (Å²) < 4.78 is 38.8. The zero-order chi connectivity index (χ0) is 15.5. The molecule has 1 rings (SSSR count). The molecule has 4 N–H and O–H groups in total. The highest BCUT2D eigenvalue weighted by Gasteiger charge is 2.27. The molecule has 110 valence electrons. The molecule has 0 aliphatic heterocycles. The predicted octanol–water partition coefficient (Wildman–Crippen LogP) is -0.259. The molecule has 0 saturated carbocycles. The Kier molecular flexibility index (Phi) is 4.79. The number of hydrogen-bond acceptors (Lipinski definition) is 4. The summed E-state index contributed by atoms with van der Waals surface area (Å²) in [5, 5.41) is 8.85. The van der Waals surface area contributed by atoms with Gasteiger partial charge in [0.2, 0.25) is 15.9 Å². The molecule has 20 heavy (non-hydrogen) atoms. The number of primary amides is 1. The maximum Gasteiger partial charge on any atom is 0.322 e. The smallest absolute Gasteiger partial charge is 0.322 e. The van der Waals surface area contributed by atoms with Crippen molar-refractivity contribution in [2.75, 3.05) is 0 Å². The molecule has 1 aromatic rings. The molecule has 0 aromatic heterocycles. The standard InChI is InChI=1S/C11H13FN2O5S/c1-6-4-7(12)2-3-9(6)20(18,19)14-8(11(16)17)5-10(13)15/h2-4,8,14H,5H2,1H3,(H2,13,15)(H,16,17). The maximum atomic E-state index is 12.9. The second-order valence-corrected chi connectivity index (χ2v) is 5.77. The lowest BCUT2D eigenvalue weighted by Crippen LogP contribution is -2.43. The van der Waals surface area contributed by atoms with Gasteiger partial charge in [0.15, 0.2) is 0 Å². The molecule has 0 saturated heterocycles. The zero-order valence-electron chi connectivity index (χ0n) is 10.5. The first-order valence-corrected chi connectivity index (χ1v) is 6.91. The number of hydrogen-bond donors (Lipinski definition) is 3. The lowest BCUT2D eigenvalue weighted by molar-refractivity contribution is -0.140. The van der Waals surface area contributed by atoms with E-state index in [0.717, 1.165) is 18.2 Å². The van der Waals surface area contributed by atoms with Crippen molar-refractivity contribution in [1.29, 1.82) is 0 Å². The number of carbonyl (C=O) groups excluding carboxylic acids is 1. The van der Waals surface area contributed by atoms with E-state index in [4.69, 9.17) is 10.8 Å². The third kappa shape index (κ3) is 4.00. The molecule has 1 amide bonds. The minimum Gasteiger partial charge on any atom is -0.480 e. The largest absolute Gasteiger partial charge is 0.480 e. The van der Waals surface area contributed by atoms with E-state index < -0.39 is 40.2 Å². The Bertz CT molecular complexity index is 644. The van der Waals surface area contributed by atoms with E-state index in [1.165, 1.54) is 6.92 Å². The molecule has 0 fully saturated rings. The van der Waals surface area contributed by atoms with Crippen LogP contribution in [-0.2, 0) is 19.6 Å². The molecule has 1 aromatic carbocycles. The first-order chi connectivity index (χ1) is 9.13. The molecule has 9 heteroatoms. The minimum atomic E-state index is -4.20. The Labute approximate surface area is 114 Å². The molecule has 0 aliphatic carbocycles. The summed E-state index contributed by atoms with van der Waals surface area (Å²) in [6.45, 7) is 1.36. The van der Waals surface area contributed by atoms with Crippen molar-refractivity contribution in [3.8, 4) is 0 Å². The summed E-state index contributed by atoms with van der Waals surface area (Å²) in [6.07, 6.45) is -0.686. The van der Waals surface area contributed by atoms with Gasteiger partial charge in [-0.2, -0.15) is 4.72 Å². The van der Waals surface area contributed by atoms with Crippen LogP contribution in [0.1, 0.15) is 12.0 Å². The van der Waals surface area contributed by atoms with Crippen LogP contribution in [-0.4, -0.2) is 31.4 Å². The number of benzene rings is 1. The number of halogens is 1. The van der Waals surface area contributed by atoms with E-state index in [2.05, 4.69) is 0 Å². The number of sulfonamides is 1. The van der Waals surface area contributed by atoms with Crippen molar-refractivity contribution in [1.82, 2.24) is 4.72 Å². The van der Waals surface area contributed by atoms with Crippen LogP contribution in [0.2, 0.25) is 0 Å². The van der Waals surface area contributed by atoms with Crippen LogP contribution in [0.4, 0.5) is 4.39 Å². The van der Waals surface area contributed by atoms with Gasteiger partial charge in [0, 0.05) is 0 Å². The number of rotatable bonds is 6. The fourth-order valence-corrected chi connectivity index (χ4v) is 2.96. The van der Waals surface area contributed by atoms with Crippen molar-refractivity contribution < 1.29 is 27.5 Å². The third-order valence-electron chi connectivity index (χ3n) is 2.43. The van der Waals surface area contributed by atoms with Gasteiger partial charge in [0.05, 0.1) is 11.3 Å². The van der Waals surface area contributed by atoms with Crippen molar-refractivity contribution >= 4 is 21.9 Å². The molecule has 7 nitrogen and oxygen atoms in total. The van der Waals surface area contributed by atoms with Gasteiger partial charge in [-0.1, -0.05) is 0 Å². The van der Waals surface area contributed by atoms with Gasteiger partial charge in [-0.3, -0.25) is 9.59 Å². The summed E-state index contributed by atoms with van der Waals surface area (Å²) in [5.74, 6) is -3.11. The Hall–Kier alpha value is -2.00. The second kappa shape index (κ2) is 5.97. The summed E-state index contributed by atoms with van der Waals surface area (Å²) in [5.41, 5.74) is 4.96. The predicted molar refractivity (Wildman–Crippen MR) is 66.7 cm³/mol. The van der Waals surface area contributed by atoms with Gasteiger partial charge in [0.1, 0.15) is 11.9 Å². The first-order valence-electron chi connectivity index (χ1n) is 5.43. The Morgan fingerprint density at radius 2 is 2.05 bits per heavy atom. The maximum absolute atomic E-state index is 12.9. The Balaban J connectivity index is 3.09. The zero-order valence-corrected chi connectivity index (χ0v) is 11.3. The third-order valence-corrected chi connectivity index (χ3v) is 4.06. The quantitative estimate of drug-likeness (QED) is 0.667. The van der Waals surface area contributed by atoms with E-state index in [-0.39, 0.29) is 10.5 Å². The van der Waals surface area contributed by atoms with E-state index in [0.29, 0.717) is 0 Å². The van der Waals surface area contributed by atoms with Gasteiger partial charge < -0.3 is 10.8 Å². The van der Waals surface area contributed by atoms with Crippen LogP contribution < -0.4 is 10.5 Å². The van der Waals surface area contributed by atoms with Gasteiger partial charge in [-0.15, -0.1) is 0 Å². The van der Waals surface area contributed by atoms with E-state index in [1.54, 1.807) is 0 Å². The molecule has 1 atom stereocenters. The number of aryl methyl sites for hydroxylation is 1. The Morgan fingerprint density at radius 3 is 2.50 bits per heavy atom. The molecule has 0 aliphatic rings. The fraction of sp³-hybridized carbons (Fsp3) is 0.273. The summed E-state index contributed by atoms with van der Waals surface area (Å²) in [7, 11) is -4.20. The lowest BCUT2D eigenvalue weighted by Gasteiger charge is -2.14. The highest BCUT2D eigenvalue weighted by molar-refractivity contribution is 7.89. The van der Waals surface area contributed by atoms with Crippen molar-refractivity contribution in [3.05, 3.63) is 29.6 Å². The van der Waals surface area contributed by atoms with Crippen LogP contribution >= 0.6 is 0 Å². The average molecular weight is 304 g/mol. The van der Waals surface area contributed by atoms with Crippen molar-refractivity contribution in [3.63, 3.8) is 0 Å². The number of nitrogens with two attached hydrogens (primary N) is 1. The van der Waals surface area contributed by atoms with Crippen LogP contribution in [0.15, 0.2) is 23.1 Å². The summed E-state index contributed by atoms with van der Waals surface area (Å²) in [6, 6.07) is 1.27. The molecule has 0 spiro atoms. The SMILES string of the molecule is Cc1cc(F)ccc1S(=O)(=O)NC(CC(N)=O)C(=O)O. The van der Waals surface area contributed by atoms with Crippen LogP contribution in [0.3, 0.4) is 0 Å². The van der Waals surface area contributed by atoms with Crippen molar-refractivity contribution in [2.24, 2.45) is 5.73 Å². The molecule has 1 unspecified atom stereocenters. The normalized spacial score (nSPS) is 12.9. The molecular weight excluding hydrogens is 291 g/mol. The molecule has 0 heterocycles. The lowest BCUT2D eigenvalue weighted by atomic mass is 10.2. The summed E-state index contributed by atoms with van der Waals surface area (Å²) in [4.78, 5) is 21.3. The van der Waals surface area contributed by atoms with E-state index >= 15 is 0 Å². The molecular formula is C11H13FN2O5S. The van der Waals surface area contributed by atoms with E-state index in [1.807, 2.05) is 4.72 Å². The number of carbonyl (C=O) groups is 2. The molecule has 0 bridgehead atoms. The Morgan fingerprint density at radius 1 is 1.45 bits per heavy atom. The van der Waals surface area contributed by atoms with Crippen LogP contribution in [0.5, 0.6) is 0 Å². The van der Waals surface area contributed by atoms with Gasteiger partial charge in [-0.25, -0.2) is 12.8 Å². The monoisotopic (exact) mass is 304 g/mol. The highest BCUT2D eigenvalue weighted by Crippen LogP contribution is 2.16. The molecule has 0 radical (unpaired) electrons. The van der Waals surface area contributed by atoms with Crippen LogP contribution in [0.25, 0.3) is 0 Å². The van der Waals surface area contributed by atoms with Crippen LogP contribution in [0, 0.1) is 12.7 Å². The highest BCUT2D eigenvalue weighted by atomic mass is 32.2. The van der Waals surface area contributed by atoms with Gasteiger partial charge in [-0.05, 0) is 30.7 Å². The minimum absolute atomic E-state index is 0.112.